The molecule has 5 heteroatoms. The minimum atomic E-state index is -1.00. The fourth-order valence-corrected chi connectivity index (χ4v) is 2.11. The Labute approximate surface area is 135 Å². The van der Waals surface area contributed by atoms with E-state index < -0.39 is 12.1 Å². The van der Waals surface area contributed by atoms with Crippen molar-refractivity contribution in [2.45, 2.75) is 19.4 Å². The molecule has 5 nitrogen and oxygen atoms in total. The van der Waals surface area contributed by atoms with Crippen molar-refractivity contribution >= 4 is 18.2 Å². The molecule has 0 saturated carbocycles. The molecule has 0 fully saturated rings. The monoisotopic (exact) mass is 310 g/mol. The Morgan fingerprint density at radius 2 is 2.22 bits per heavy atom. The summed E-state index contributed by atoms with van der Waals surface area (Å²) in [7, 11) is 0. The Bertz CT molecular complexity index is 756. The summed E-state index contributed by atoms with van der Waals surface area (Å²) in [6.07, 6.45) is 9.26. The zero-order valence-electron chi connectivity index (χ0n) is 12.8. The van der Waals surface area contributed by atoms with E-state index in [1.165, 1.54) is 5.56 Å². The maximum Gasteiger partial charge on any atom is 0.339 e. The summed E-state index contributed by atoms with van der Waals surface area (Å²) >= 11 is 0. The molecule has 0 saturated heterocycles. The van der Waals surface area contributed by atoms with Crippen LogP contribution < -0.4 is 5.73 Å². The van der Waals surface area contributed by atoms with Crippen LogP contribution in [0.5, 0.6) is 0 Å². The molecule has 118 valence electrons. The van der Waals surface area contributed by atoms with E-state index >= 15 is 0 Å². The van der Waals surface area contributed by atoms with Crippen molar-refractivity contribution in [3.63, 3.8) is 0 Å². The molecule has 23 heavy (non-hydrogen) atoms. The molecule has 2 aromatic rings. The van der Waals surface area contributed by atoms with Crippen LogP contribution in [-0.4, -0.2) is 22.3 Å². The molecule has 0 bridgehead atoms. The summed E-state index contributed by atoms with van der Waals surface area (Å²) in [6.45, 7) is 2.03. The Balaban J connectivity index is 2.06. The number of hydrogen-bond acceptors (Lipinski definition) is 3. The third-order valence-corrected chi connectivity index (χ3v) is 3.27. The van der Waals surface area contributed by atoms with Crippen LogP contribution in [0.3, 0.4) is 0 Å². The number of primary amides is 1. The highest BCUT2D eigenvalue weighted by molar-refractivity contribution is 5.71. The smallest absolute Gasteiger partial charge is 0.339 e. The molecule has 2 amide bonds. The first kappa shape index (κ1) is 16.4. The van der Waals surface area contributed by atoms with E-state index in [0.717, 1.165) is 5.56 Å². The van der Waals surface area contributed by atoms with Crippen LogP contribution in [-0.2, 0) is 6.42 Å². The largest absolute Gasteiger partial charge is 0.462 e. The number of furan rings is 1. The Morgan fingerprint density at radius 3 is 2.87 bits per heavy atom. The lowest BCUT2D eigenvalue weighted by molar-refractivity contribution is -0.0591. The number of rotatable bonds is 5. The second-order valence-electron chi connectivity index (χ2n) is 5.12. The van der Waals surface area contributed by atoms with E-state index in [4.69, 9.17) is 16.6 Å². The predicted octanol–water partition coefficient (Wildman–Crippen LogP) is 3.07. The van der Waals surface area contributed by atoms with Gasteiger partial charge in [0.15, 0.2) is 0 Å². The molecule has 0 aliphatic heterocycles. The van der Waals surface area contributed by atoms with Crippen LogP contribution in [0.15, 0.2) is 40.8 Å². The number of nitrogens with two attached hydrogens (primary N) is 1. The second kappa shape index (κ2) is 7.34. The van der Waals surface area contributed by atoms with Gasteiger partial charge in [-0.1, -0.05) is 41.8 Å². The van der Waals surface area contributed by atoms with Crippen molar-refractivity contribution in [1.29, 1.82) is 0 Å². The van der Waals surface area contributed by atoms with Gasteiger partial charge in [-0.15, -0.1) is 6.42 Å². The lowest BCUT2D eigenvalue weighted by Crippen LogP contribution is -2.41. The molecule has 0 aliphatic carbocycles. The van der Waals surface area contributed by atoms with Crippen molar-refractivity contribution in [3.05, 3.63) is 59.0 Å². The zero-order chi connectivity index (χ0) is 16.8. The van der Waals surface area contributed by atoms with Crippen LogP contribution in [0.25, 0.3) is 12.2 Å². The van der Waals surface area contributed by atoms with Gasteiger partial charge in [0.2, 0.25) is 0 Å². The lowest BCUT2D eigenvalue weighted by Gasteiger charge is -2.18. The van der Waals surface area contributed by atoms with Gasteiger partial charge in [0, 0.05) is 6.42 Å². The molecule has 1 heterocycles. The number of urea groups is 1. The van der Waals surface area contributed by atoms with Gasteiger partial charge < -0.3 is 10.2 Å². The SMILES string of the molecule is C#CC(Cc1ccc(/C=C/c2cccc(C)c2)o1)N(O)C(N)=O. The predicted molar refractivity (Wildman–Crippen MR) is 88.3 cm³/mol. The molecule has 3 N–H and O–H groups in total. The number of aryl methyl sites for hydroxylation is 1. The summed E-state index contributed by atoms with van der Waals surface area (Å²) in [5, 5.41) is 9.82. The molecular weight excluding hydrogens is 292 g/mol. The number of hydrogen-bond donors (Lipinski definition) is 2. The maximum atomic E-state index is 10.9. The summed E-state index contributed by atoms with van der Waals surface area (Å²) in [6, 6.07) is 9.74. The summed E-state index contributed by atoms with van der Waals surface area (Å²) in [4.78, 5) is 10.9. The van der Waals surface area contributed by atoms with Gasteiger partial charge in [0.25, 0.3) is 0 Å². The van der Waals surface area contributed by atoms with Crippen LogP contribution in [0, 0.1) is 19.3 Å². The maximum absolute atomic E-state index is 10.9. The number of terminal acetylenes is 1. The van der Waals surface area contributed by atoms with Crippen molar-refractivity contribution in [1.82, 2.24) is 5.06 Å². The molecule has 1 atom stereocenters. The van der Waals surface area contributed by atoms with Crippen LogP contribution in [0.2, 0.25) is 0 Å². The van der Waals surface area contributed by atoms with E-state index in [1.807, 2.05) is 37.3 Å². The number of carbonyl (C=O) groups is 1. The Hall–Kier alpha value is -2.97. The molecule has 1 unspecified atom stereocenters. The normalized spacial score (nSPS) is 12.0. The first-order valence-electron chi connectivity index (χ1n) is 7.06. The molecule has 0 spiro atoms. The minimum Gasteiger partial charge on any atom is -0.462 e. The Morgan fingerprint density at radius 1 is 1.43 bits per heavy atom. The first-order chi connectivity index (χ1) is 11.0. The van der Waals surface area contributed by atoms with E-state index in [2.05, 4.69) is 12.0 Å². The zero-order valence-corrected chi connectivity index (χ0v) is 12.8. The first-order valence-corrected chi connectivity index (χ1v) is 7.06. The van der Waals surface area contributed by atoms with Crippen LogP contribution >= 0.6 is 0 Å². The van der Waals surface area contributed by atoms with E-state index in [1.54, 1.807) is 12.1 Å². The highest BCUT2D eigenvalue weighted by Crippen LogP contribution is 2.15. The lowest BCUT2D eigenvalue weighted by atomic mass is 10.1. The third-order valence-electron chi connectivity index (χ3n) is 3.27. The topological polar surface area (TPSA) is 79.7 Å². The number of benzene rings is 1. The third kappa shape index (κ3) is 4.50. The number of nitrogens with zero attached hydrogens (tertiary/aromatic N) is 1. The van der Waals surface area contributed by atoms with Gasteiger partial charge in [-0.05, 0) is 30.7 Å². The molecule has 2 rings (SSSR count). The summed E-state index contributed by atoms with van der Waals surface area (Å²) in [5.74, 6) is 3.51. The van der Waals surface area contributed by atoms with Gasteiger partial charge in [0.1, 0.15) is 17.6 Å². The molecular formula is C18H18N2O3. The van der Waals surface area contributed by atoms with Gasteiger partial charge >= 0.3 is 6.03 Å². The fourth-order valence-electron chi connectivity index (χ4n) is 2.11. The Kier molecular flexibility index (Phi) is 5.23. The molecule has 1 aromatic heterocycles. The van der Waals surface area contributed by atoms with Gasteiger partial charge in [-0.2, -0.15) is 5.06 Å². The van der Waals surface area contributed by atoms with Gasteiger partial charge in [-0.25, -0.2) is 4.79 Å². The molecule has 0 radical (unpaired) electrons. The standard InChI is InChI=1S/C18H18N2O3/c1-3-15(20(22)18(19)21)12-17-10-9-16(23-17)8-7-14-6-4-5-13(2)11-14/h1,4-11,15,22H,12H2,2H3,(H2,19,21)/b8-7+. The number of amides is 2. The summed E-state index contributed by atoms with van der Waals surface area (Å²) < 4.78 is 5.63. The van der Waals surface area contributed by atoms with E-state index in [9.17, 15) is 10.0 Å². The number of carbonyl (C=O) groups excluding carboxylic acids is 1. The summed E-state index contributed by atoms with van der Waals surface area (Å²) in [5.41, 5.74) is 7.24. The fraction of sp³-hybridized carbons (Fsp3) is 0.167. The number of hydroxylamine groups is 2. The average molecular weight is 310 g/mol. The van der Waals surface area contributed by atoms with Crippen molar-refractivity contribution in [2.75, 3.05) is 0 Å². The second-order valence-corrected chi connectivity index (χ2v) is 5.12. The van der Waals surface area contributed by atoms with Crippen molar-refractivity contribution in [2.24, 2.45) is 5.73 Å². The minimum absolute atomic E-state index is 0.175. The van der Waals surface area contributed by atoms with Crippen LogP contribution in [0.1, 0.15) is 22.6 Å². The quantitative estimate of drug-likeness (QED) is 0.506. The molecule has 1 aromatic carbocycles. The van der Waals surface area contributed by atoms with Gasteiger partial charge in [-0.3, -0.25) is 5.21 Å². The van der Waals surface area contributed by atoms with E-state index in [0.29, 0.717) is 16.6 Å². The van der Waals surface area contributed by atoms with Gasteiger partial charge in [0.05, 0.1) is 0 Å². The van der Waals surface area contributed by atoms with E-state index in [-0.39, 0.29) is 6.42 Å². The highest BCUT2D eigenvalue weighted by Gasteiger charge is 2.19. The average Bonchev–Trinajstić information content (AvgIpc) is 2.97. The van der Waals surface area contributed by atoms with Crippen molar-refractivity contribution in [3.8, 4) is 12.3 Å². The molecule has 0 aliphatic rings. The van der Waals surface area contributed by atoms with Crippen LogP contribution in [0.4, 0.5) is 4.79 Å². The highest BCUT2D eigenvalue weighted by atomic mass is 16.5. The van der Waals surface area contributed by atoms with Crippen molar-refractivity contribution < 1.29 is 14.4 Å².